The van der Waals surface area contributed by atoms with Gasteiger partial charge in [0.1, 0.15) is 19.7 Å². The molecular formula is C10H22O4S5. The van der Waals surface area contributed by atoms with Crippen molar-refractivity contribution in [1.29, 1.82) is 0 Å². The zero-order valence-electron chi connectivity index (χ0n) is 11.3. The van der Waals surface area contributed by atoms with Crippen molar-refractivity contribution in [3.8, 4) is 0 Å². The number of unbranched alkanes of at least 4 members (excludes halogenated alkanes) is 2. The van der Waals surface area contributed by atoms with E-state index in [-0.39, 0.29) is 11.5 Å². The fourth-order valence-corrected chi connectivity index (χ4v) is 6.61. The number of hydrogen-bond donors (Lipinski definition) is 0. The van der Waals surface area contributed by atoms with E-state index in [9.17, 15) is 16.8 Å². The maximum Gasteiger partial charge on any atom is 0.147 e. The Bertz CT molecular complexity index is 375. The Morgan fingerprint density at radius 3 is 1.37 bits per heavy atom. The molecule has 0 aromatic carbocycles. The van der Waals surface area contributed by atoms with Crippen LogP contribution in [-0.4, -0.2) is 52.4 Å². The van der Waals surface area contributed by atoms with Gasteiger partial charge in [-0.1, -0.05) is 21.6 Å². The molecule has 9 heteroatoms. The second-order valence-electron chi connectivity index (χ2n) is 4.39. The van der Waals surface area contributed by atoms with E-state index < -0.39 is 19.7 Å². The second kappa shape index (κ2) is 10.6. The van der Waals surface area contributed by atoms with Crippen LogP contribution in [-0.2, 0) is 19.7 Å². The van der Waals surface area contributed by atoms with E-state index in [1.165, 1.54) is 12.5 Å². The minimum absolute atomic E-state index is 0.275. The van der Waals surface area contributed by atoms with Crippen LogP contribution in [0.2, 0.25) is 0 Å². The average molecular weight is 367 g/mol. The van der Waals surface area contributed by atoms with E-state index in [0.29, 0.717) is 0 Å². The third-order valence-electron chi connectivity index (χ3n) is 2.08. The largest absolute Gasteiger partial charge is 0.229 e. The molecule has 0 saturated carbocycles. The summed E-state index contributed by atoms with van der Waals surface area (Å²) in [5.41, 5.74) is 0. The van der Waals surface area contributed by atoms with Gasteiger partial charge in [-0.05, 0) is 35.5 Å². The summed E-state index contributed by atoms with van der Waals surface area (Å²) in [5.74, 6) is 2.46. The predicted octanol–water partition coefficient (Wildman–Crippen LogP) is 2.67. The zero-order valence-corrected chi connectivity index (χ0v) is 15.4. The molecule has 0 fully saturated rings. The Kier molecular flexibility index (Phi) is 11.2. The molecule has 0 aromatic rings. The molecule has 0 rings (SSSR count). The summed E-state index contributed by atoms with van der Waals surface area (Å²) in [6.07, 6.45) is 5.82. The van der Waals surface area contributed by atoms with E-state index >= 15 is 0 Å². The highest BCUT2D eigenvalue weighted by molar-refractivity contribution is 9.09. The summed E-state index contributed by atoms with van der Waals surface area (Å²) in [5, 5.41) is 0. The van der Waals surface area contributed by atoms with Crippen LogP contribution in [0.25, 0.3) is 0 Å². The van der Waals surface area contributed by atoms with Crippen molar-refractivity contribution < 1.29 is 16.8 Å². The van der Waals surface area contributed by atoms with Gasteiger partial charge in [-0.3, -0.25) is 0 Å². The van der Waals surface area contributed by atoms with Crippen LogP contribution < -0.4 is 0 Å². The summed E-state index contributed by atoms with van der Waals surface area (Å²) < 4.78 is 43.5. The van der Waals surface area contributed by atoms with Crippen LogP contribution in [0.1, 0.15) is 25.7 Å². The Morgan fingerprint density at radius 1 is 0.684 bits per heavy atom. The smallest absolute Gasteiger partial charge is 0.147 e. The molecule has 0 radical (unpaired) electrons. The molecule has 0 N–H and O–H groups in total. The third-order valence-corrected chi connectivity index (χ3v) is 8.55. The van der Waals surface area contributed by atoms with E-state index in [4.69, 9.17) is 0 Å². The first-order valence-corrected chi connectivity index (χ1v) is 13.9. The normalized spacial score (nSPS) is 12.7. The summed E-state index contributed by atoms with van der Waals surface area (Å²) in [4.78, 5) is 0. The zero-order chi connectivity index (χ0) is 14.8. The van der Waals surface area contributed by atoms with Gasteiger partial charge < -0.3 is 0 Å². The molecule has 0 bridgehead atoms. The summed E-state index contributed by atoms with van der Waals surface area (Å²) >= 11 is 0. The topological polar surface area (TPSA) is 68.3 Å². The van der Waals surface area contributed by atoms with E-state index in [2.05, 4.69) is 0 Å². The van der Waals surface area contributed by atoms with Gasteiger partial charge in [0, 0.05) is 35.5 Å². The molecule has 0 aliphatic rings. The van der Waals surface area contributed by atoms with Crippen molar-refractivity contribution in [1.82, 2.24) is 0 Å². The summed E-state index contributed by atoms with van der Waals surface area (Å²) in [6.45, 7) is 0. The van der Waals surface area contributed by atoms with Crippen molar-refractivity contribution in [2.45, 2.75) is 25.7 Å². The van der Waals surface area contributed by atoms with Gasteiger partial charge in [0.2, 0.25) is 0 Å². The van der Waals surface area contributed by atoms with Crippen LogP contribution >= 0.6 is 31.4 Å². The molecule has 4 nitrogen and oxygen atoms in total. The second-order valence-corrected chi connectivity index (χ2v) is 13.4. The Hall–Kier alpha value is 0.950. The molecule has 0 spiro atoms. The maximum atomic E-state index is 10.9. The van der Waals surface area contributed by atoms with Gasteiger partial charge in [0.05, 0.1) is 0 Å². The lowest BCUT2D eigenvalue weighted by Gasteiger charge is -2.01. The van der Waals surface area contributed by atoms with Crippen LogP contribution in [0, 0.1) is 0 Å². The van der Waals surface area contributed by atoms with Crippen LogP contribution in [0.3, 0.4) is 0 Å². The third kappa shape index (κ3) is 18.9. The lowest BCUT2D eigenvalue weighted by molar-refractivity contribution is 0.597. The van der Waals surface area contributed by atoms with Crippen LogP contribution in [0.5, 0.6) is 0 Å². The number of rotatable bonds is 12. The maximum absolute atomic E-state index is 10.9. The monoisotopic (exact) mass is 366 g/mol. The van der Waals surface area contributed by atoms with Gasteiger partial charge in [0.25, 0.3) is 0 Å². The lowest BCUT2D eigenvalue weighted by Crippen LogP contribution is -2.02. The van der Waals surface area contributed by atoms with Crippen LogP contribution in [0.4, 0.5) is 0 Å². The lowest BCUT2D eigenvalue weighted by atomic mass is 10.4. The van der Waals surface area contributed by atoms with Crippen molar-refractivity contribution in [2.24, 2.45) is 0 Å². The molecule has 0 heterocycles. The van der Waals surface area contributed by atoms with Gasteiger partial charge >= 0.3 is 0 Å². The van der Waals surface area contributed by atoms with Crippen molar-refractivity contribution in [3.05, 3.63) is 0 Å². The Labute approximate surface area is 128 Å². The summed E-state index contributed by atoms with van der Waals surface area (Å²) in [7, 11) is -0.457. The summed E-state index contributed by atoms with van der Waals surface area (Å²) in [6, 6.07) is 0. The molecule has 0 aliphatic carbocycles. The molecule has 0 atom stereocenters. The van der Waals surface area contributed by atoms with Crippen molar-refractivity contribution in [3.63, 3.8) is 0 Å². The van der Waals surface area contributed by atoms with Crippen LogP contribution in [0.15, 0.2) is 0 Å². The molecule has 116 valence electrons. The predicted molar refractivity (Wildman–Crippen MR) is 90.4 cm³/mol. The molecule has 0 aliphatic heterocycles. The van der Waals surface area contributed by atoms with E-state index in [0.717, 1.165) is 37.2 Å². The fraction of sp³-hybridized carbons (Fsp3) is 1.00. The SMILES string of the molecule is CS(=O)(=O)CCCCSSSCCCCS(C)(=O)=O. The van der Waals surface area contributed by atoms with Gasteiger partial charge in [-0.25, -0.2) is 16.8 Å². The number of sulfone groups is 2. The van der Waals surface area contributed by atoms with Gasteiger partial charge in [-0.15, -0.1) is 0 Å². The molecule has 0 amide bonds. The highest BCUT2D eigenvalue weighted by Crippen LogP contribution is 2.35. The molecule has 0 unspecified atom stereocenters. The highest BCUT2D eigenvalue weighted by Gasteiger charge is 2.02. The fourth-order valence-electron chi connectivity index (χ4n) is 1.15. The Balaban J connectivity index is 3.20. The first kappa shape index (κ1) is 19.9. The molecule has 19 heavy (non-hydrogen) atoms. The standard InChI is InChI=1S/C10H22O4S5/c1-18(11,12)9-5-3-7-15-17-16-8-4-6-10-19(2,13)14/h3-10H2,1-2H3. The quantitative estimate of drug-likeness (QED) is 0.388. The van der Waals surface area contributed by atoms with Crippen molar-refractivity contribution in [2.75, 3.05) is 35.5 Å². The van der Waals surface area contributed by atoms with Crippen molar-refractivity contribution >= 4 is 51.1 Å². The number of hydrogen-bond acceptors (Lipinski definition) is 7. The molecule has 0 aromatic heterocycles. The molecule has 0 saturated heterocycles. The molecular weight excluding hydrogens is 344 g/mol. The minimum Gasteiger partial charge on any atom is -0.229 e. The van der Waals surface area contributed by atoms with Gasteiger partial charge in [0.15, 0.2) is 0 Å². The average Bonchev–Trinajstić information content (AvgIpc) is 2.22. The first-order chi connectivity index (χ1) is 8.71. The minimum atomic E-state index is -2.81. The van der Waals surface area contributed by atoms with E-state index in [1.807, 2.05) is 0 Å². The van der Waals surface area contributed by atoms with E-state index in [1.54, 1.807) is 31.4 Å². The highest BCUT2D eigenvalue weighted by atomic mass is 33.5. The first-order valence-electron chi connectivity index (χ1n) is 5.97. The Morgan fingerprint density at radius 2 is 1.05 bits per heavy atom. The van der Waals surface area contributed by atoms with Gasteiger partial charge in [-0.2, -0.15) is 0 Å².